The first kappa shape index (κ1) is 13.6. The van der Waals surface area contributed by atoms with Crippen molar-refractivity contribution in [1.29, 1.82) is 0 Å². The zero-order valence-electron chi connectivity index (χ0n) is 11.7. The molecule has 2 heterocycles. The minimum Gasteiger partial charge on any atom is -0.469 e. The van der Waals surface area contributed by atoms with Crippen LogP contribution in [0.2, 0.25) is 0 Å². The molecular formula is C15H18BrN3O. The Morgan fingerprint density at radius 1 is 1.40 bits per heavy atom. The number of nitrogens with zero attached hydrogens (tertiary/aromatic N) is 2. The predicted octanol–water partition coefficient (Wildman–Crippen LogP) is 4.51. The Morgan fingerprint density at radius 2 is 2.20 bits per heavy atom. The van der Waals surface area contributed by atoms with E-state index in [-0.39, 0.29) is 0 Å². The van der Waals surface area contributed by atoms with Crippen molar-refractivity contribution >= 4 is 21.7 Å². The molecule has 0 bridgehead atoms. The van der Waals surface area contributed by atoms with E-state index >= 15 is 0 Å². The molecule has 0 aromatic carbocycles. The summed E-state index contributed by atoms with van der Waals surface area (Å²) >= 11 is 3.66. The Kier molecular flexibility index (Phi) is 3.78. The first-order valence-electron chi connectivity index (χ1n) is 7.06. The zero-order chi connectivity index (χ0) is 14.1. The summed E-state index contributed by atoms with van der Waals surface area (Å²) in [6.45, 7) is 4.99. The summed E-state index contributed by atoms with van der Waals surface area (Å²) in [6, 6.07) is 1.93. The molecule has 1 aliphatic carbocycles. The highest BCUT2D eigenvalue weighted by Crippen LogP contribution is 2.44. The SMILES string of the molecule is CCCNc1nc(-c2ccoc2C)nc(C2CC2)c1Br. The quantitative estimate of drug-likeness (QED) is 0.873. The van der Waals surface area contributed by atoms with Crippen LogP contribution in [0, 0.1) is 6.92 Å². The zero-order valence-corrected chi connectivity index (χ0v) is 13.3. The molecule has 1 aliphatic rings. The average molecular weight is 336 g/mol. The van der Waals surface area contributed by atoms with Gasteiger partial charge in [0.15, 0.2) is 5.82 Å². The molecule has 0 saturated heterocycles. The van der Waals surface area contributed by atoms with Crippen molar-refractivity contribution in [2.75, 3.05) is 11.9 Å². The van der Waals surface area contributed by atoms with Crippen LogP contribution in [0.15, 0.2) is 21.2 Å². The number of hydrogen-bond donors (Lipinski definition) is 1. The monoisotopic (exact) mass is 335 g/mol. The molecule has 0 unspecified atom stereocenters. The van der Waals surface area contributed by atoms with E-state index in [4.69, 9.17) is 9.40 Å². The topological polar surface area (TPSA) is 51.0 Å². The molecule has 0 amide bonds. The van der Waals surface area contributed by atoms with Crippen LogP contribution in [0.1, 0.15) is 43.6 Å². The Balaban J connectivity index is 2.06. The molecule has 2 aromatic heterocycles. The van der Waals surface area contributed by atoms with E-state index < -0.39 is 0 Å². The molecule has 106 valence electrons. The second-order valence-corrected chi connectivity index (χ2v) is 5.98. The maximum absolute atomic E-state index is 5.37. The normalized spacial score (nSPS) is 14.6. The van der Waals surface area contributed by atoms with E-state index in [0.717, 1.165) is 46.1 Å². The van der Waals surface area contributed by atoms with Crippen molar-refractivity contribution in [3.8, 4) is 11.4 Å². The number of halogens is 1. The van der Waals surface area contributed by atoms with E-state index in [9.17, 15) is 0 Å². The molecular weight excluding hydrogens is 318 g/mol. The van der Waals surface area contributed by atoms with Gasteiger partial charge in [-0.25, -0.2) is 9.97 Å². The molecule has 3 rings (SSSR count). The fourth-order valence-corrected chi connectivity index (χ4v) is 2.83. The maximum Gasteiger partial charge on any atom is 0.165 e. The minimum atomic E-state index is 0.570. The molecule has 2 aromatic rings. The second-order valence-electron chi connectivity index (χ2n) is 5.19. The van der Waals surface area contributed by atoms with Gasteiger partial charge in [-0.1, -0.05) is 6.92 Å². The Morgan fingerprint density at radius 3 is 2.80 bits per heavy atom. The highest BCUT2D eigenvalue weighted by Gasteiger charge is 2.30. The van der Waals surface area contributed by atoms with Crippen LogP contribution < -0.4 is 5.32 Å². The third-order valence-corrected chi connectivity index (χ3v) is 4.26. The molecule has 0 spiro atoms. The number of furan rings is 1. The molecule has 4 nitrogen and oxygen atoms in total. The number of nitrogens with one attached hydrogen (secondary N) is 1. The van der Waals surface area contributed by atoms with E-state index in [2.05, 4.69) is 33.2 Å². The largest absolute Gasteiger partial charge is 0.469 e. The lowest BCUT2D eigenvalue weighted by Gasteiger charge is -2.12. The van der Waals surface area contributed by atoms with Crippen molar-refractivity contribution in [3.63, 3.8) is 0 Å². The van der Waals surface area contributed by atoms with Crippen LogP contribution in [0.5, 0.6) is 0 Å². The first-order valence-corrected chi connectivity index (χ1v) is 7.85. The summed E-state index contributed by atoms with van der Waals surface area (Å²) in [6.07, 6.45) is 5.18. The molecule has 5 heteroatoms. The number of anilines is 1. The number of rotatable bonds is 5. The average Bonchev–Trinajstić information content (AvgIpc) is 3.20. The molecule has 1 fully saturated rings. The van der Waals surface area contributed by atoms with Gasteiger partial charge >= 0.3 is 0 Å². The van der Waals surface area contributed by atoms with Gasteiger partial charge in [-0.15, -0.1) is 0 Å². The van der Waals surface area contributed by atoms with Gasteiger partial charge in [-0.2, -0.15) is 0 Å². The lowest BCUT2D eigenvalue weighted by atomic mass is 10.2. The van der Waals surface area contributed by atoms with Crippen molar-refractivity contribution in [1.82, 2.24) is 9.97 Å². The van der Waals surface area contributed by atoms with Crippen LogP contribution in [0.4, 0.5) is 5.82 Å². The second kappa shape index (κ2) is 5.56. The van der Waals surface area contributed by atoms with Gasteiger partial charge in [0.25, 0.3) is 0 Å². The number of aromatic nitrogens is 2. The smallest absolute Gasteiger partial charge is 0.165 e. The van der Waals surface area contributed by atoms with Crippen molar-refractivity contribution in [3.05, 3.63) is 28.3 Å². The van der Waals surface area contributed by atoms with E-state index in [1.165, 1.54) is 12.8 Å². The molecule has 20 heavy (non-hydrogen) atoms. The molecule has 0 aliphatic heterocycles. The Labute approximate surface area is 127 Å². The van der Waals surface area contributed by atoms with Gasteiger partial charge in [-0.3, -0.25) is 0 Å². The molecule has 1 saturated carbocycles. The third kappa shape index (κ3) is 2.59. The minimum absolute atomic E-state index is 0.570. The lowest BCUT2D eigenvalue weighted by molar-refractivity contribution is 0.535. The van der Waals surface area contributed by atoms with Crippen LogP contribution >= 0.6 is 15.9 Å². The van der Waals surface area contributed by atoms with Crippen LogP contribution in [-0.4, -0.2) is 16.5 Å². The van der Waals surface area contributed by atoms with Gasteiger partial charge < -0.3 is 9.73 Å². The molecule has 0 atom stereocenters. The van der Waals surface area contributed by atoms with E-state index in [0.29, 0.717) is 5.92 Å². The molecule has 0 radical (unpaired) electrons. The van der Waals surface area contributed by atoms with Crippen LogP contribution in [0.25, 0.3) is 11.4 Å². The van der Waals surface area contributed by atoms with Gasteiger partial charge in [0.05, 0.1) is 22.0 Å². The lowest BCUT2D eigenvalue weighted by Crippen LogP contribution is -2.07. The van der Waals surface area contributed by atoms with Crippen LogP contribution in [0.3, 0.4) is 0 Å². The summed E-state index contributed by atoms with van der Waals surface area (Å²) in [5.41, 5.74) is 2.09. The van der Waals surface area contributed by atoms with Gasteiger partial charge in [0.1, 0.15) is 11.6 Å². The molecule has 1 N–H and O–H groups in total. The Hall–Kier alpha value is -1.36. The van der Waals surface area contributed by atoms with Gasteiger partial charge in [0.2, 0.25) is 0 Å². The standard InChI is InChI=1S/C15H18BrN3O/c1-3-7-17-15-12(16)13(10-4-5-10)18-14(19-15)11-6-8-20-9(11)2/h6,8,10H,3-5,7H2,1-2H3,(H,17,18,19). The van der Waals surface area contributed by atoms with Gasteiger partial charge in [0, 0.05) is 12.5 Å². The summed E-state index contributed by atoms with van der Waals surface area (Å²) < 4.78 is 6.39. The van der Waals surface area contributed by atoms with Crippen molar-refractivity contribution < 1.29 is 4.42 Å². The summed E-state index contributed by atoms with van der Waals surface area (Å²) in [5.74, 6) is 3.07. The third-order valence-electron chi connectivity index (χ3n) is 3.48. The van der Waals surface area contributed by atoms with E-state index in [1.54, 1.807) is 6.26 Å². The predicted molar refractivity (Wildman–Crippen MR) is 82.9 cm³/mol. The maximum atomic E-state index is 5.37. The summed E-state index contributed by atoms with van der Waals surface area (Å²) in [7, 11) is 0. The van der Waals surface area contributed by atoms with E-state index in [1.807, 2.05) is 13.0 Å². The fraction of sp³-hybridized carbons (Fsp3) is 0.467. The summed E-state index contributed by atoms with van der Waals surface area (Å²) in [4.78, 5) is 9.40. The number of hydrogen-bond acceptors (Lipinski definition) is 4. The highest BCUT2D eigenvalue weighted by molar-refractivity contribution is 9.10. The van der Waals surface area contributed by atoms with Crippen molar-refractivity contribution in [2.24, 2.45) is 0 Å². The van der Waals surface area contributed by atoms with Gasteiger partial charge in [-0.05, 0) is 48.2 Å². The van der Waals surface area contributed by atoms with Crippen LogP contribution in [-0.2, 0) is 0 Å². The highest BCUT2D eigenvalue weighted by atomic mass is 79.9. The number of aryl methyl sites for hydroxylation is 1. The Bertz CT molecular complexity index is 620. The van der Waals surface area contributed by atoms with Crippen molar-refractivity contribution in [2.45, 2.75) is 39.0 Å². The fourth-order valence-electron chi connectivity index (χ4n) is 2.19. The summed E-state index contributed by atoms with van der Waals surface area (Å²) in [5, 5.41) is 3.38. The first-order chi connectivity index (χ1) is 9.70.